The summed E-state index contributed by atoms with van der Waals surface area (Å²) >= 11 is 7.44. The van der Waals surface area contributed by atoms with Gasteiger partial charge in [-0.2, -0.15) is 4.98 Å². The number of carbonyl (C=O) groups excluding carboxylic acids is 2. The van der Waals surface area contributed by atoms with Crippen molar-refractivity contribution in [3.8, 4) is 10.7 Å². The standard InChI is InChI=1S/C21H21ClN4O3S/c22-16-8-6-15(7-9-16)21(28)26-12-10-25(11-13-26)19(27)5-1-4-18-23-20(24-29-18)17-3-2-14-30-17/h2-3,6-9,14H,1,4-5,10-13H2. The number of benzene rings is 1. The molecular weight excluding hydrogens is 424 g/mol. The zero-order valence-electron chi connectivity index (χ0n) is 16.3. The van der Waals surface area contributed by atoms with E-state index in [2.05, 4.69) is 10.1 Å². The Morgan fingerprint density at radius 2 is 1.80 bits per heavy atom. The third kappa shape index (κ3) is 4.88. The number of halogens is 1. The lowest BCUT2D eigenvalue weighted by Gasteiger charge is -2.35. The highest BCUT2D eigenvalue weighted by Gasteiger charge is 2.24. The first-order valence-electron chi connectivity index (χ1n) is 9.79. The van der Waals surface area contributed by atoms with E-state index < -0.39 is 0 Å². The van der Waals surface area contributed by atoms with Gasteiger partial charge < -0.3 is 14.3 Å². The van der Waals surface area contributed by atoms with E-state index in [1.807, 2.05) is 22.4 Å². The fraction of sp³-hybridized carbons (Fsp3) is 0.333. The third-order valence-electron chi connectivity index (χ3n) is 5.00. The molecule has 1 aliphatic heterocycles. The lowest BCUT2D eigenvalue weighted by molar-refractivity contribution is -0.132. The number of piperazine rings is 1. The number of hydrogen-bond donors (Lipinski definition) is 0. The zero-order chi connectivity index (χ0) is 20.9. The Balaban J connectivity index is 1.21. The largest absolute Gasteiger partial charge is 0.339 e. The molecule has 0 atom stereocenters. The molecule has 1 saturated heterocycles. The smallest absolute Gasteiger partial charge is 0.253 e. The molecule has 7 nitrogen and oxygen atoms in total. The molecule has 30 heavy (non-hydrogen) atoms. The monoisotopic (exact) mass is 444 g/mol. The number of nitrogens with zero attached hydrogens (tertiary/aromatic N) is 4. The lowest BCUT2D eigenvalue weighted by atomic mass is 10.1. The average Bonchev–Trinajstić information content (AvgIpc) is 3.46. The number of aromatic nitrogens is 2. The van der Waals surface area contributed by atoms with Crippen LogP contribution in [0.2, 0.25) is 5.02 Å². The molecule has 9 heteroatoms. The van der Waals surface area contributed by atoms with Gasteiger partial charge in [0.05, 0.1) is 4.88 Å². The van der Waals surface area contributed by atoms with E-state index in [4.69, 9.17) is 16.1 Å². The number of rotatable bonds is 6. The summed E-state index contributed by atoms with van der Waals surface area (Å²) in [5, 5.41) is 6.55. The van der Waals surface area contributed by atoms with Crippen LogP contribution in [0.25, 0.3) is 10.7 Å². The summed E-state index contributed by atoms with van der Waals surface area (Å²) in [7, 11) is 0. The van der Waals surface area contributed by atoms with Crippen molar-refractivity contribution in [1.82, 2.24) is 19.9 Å². The third-order valence-corrected chi connectivity index (χ3v) is 6.12. The molecule has 0 saturated carbocycles. The van der Waals surface area contributed by atoms with Crippen LogP contribution in [0.4, 0.5) is 0 Å². The molecule has 0 bridgehead atoms. The predicted molar refractivity (Wildman–Crippen MR) is 114 cm³/mol. The molecule has 0 radical (unpaired) electrons. The number of aryl methyl sites for hydroxylation is 1. The fourth-order valence-electron chi connectivity index (χ4n) is 3.35. The van der Waals surface area contributed by atoms with Gasteiger partial charge in [0, 0.05) is 49.6 Å². The second kappa shape index (κ2) is 9.40. The van der Waals surface area contributed by atoms with Crippen molar-refractivity contribution in [3.63, 3.8) is 0 Å². The summed E-state index contributed by atoms with van der Waals surface area (Å²) in [5.41, 5.74) is 0.612. The van der Waals surface area contributed by atoms with Crippen LogP contribution in [0.1, 0.15) is 29.1 Å². The molecule has 4 rings (SSSR count). The molecule has 3 aromatic rings. The first-order valence-corrected chi connectivity index (χ1v) is 11.0. The molecule has 1 aliphatic rings. The van der Waals surface area contributed by atoms with Crippen LogP contribution in [-0.2, 0) is 11.2 Å². The molecule has 1 aromatic carbocycles. The van der Waals surface area contributed by atoms with E-state index in [9.17, 15) is 9.59 Å². The van der Waals surface area contributed by atoms with Gasteiger partial charge in [0.15, 0.2) is 0 Å². The van der Waals surface area contributed by atoms with E-state index >= 15 is 0 Å². The molecule has 2 amide bonds. The van der Waals surface area contributed by atoms with Crippen LogP contribution in [0.3, 0.4) is 0 Å². The topological polar surface area (TPSA) is 79.5 Å². The number of thiophene rings is 1. The van der Waals surface area contributed by atoms with Crippen molar-refractivity contribution in [1.29, 1.82) is 0 Å². The Morgan fingerprint density at radius 3 is 2.50 bits per heavy atom. The Labute approximate surface area is 183 Å². The van der Waals surface area contributed by atoms with Gasteiger partial charge in [-0.3, -0.25) is 9.59 Å². The second-order valence-corrected chi connectivity index (χ2v) is 8.41. The van der Waals surface area contributed by atoms with Crippen LogP contribution < -0.4 is 0 Å². The maximum absolute atomic E-state index is 12.6. The normalized spacial score (nSPS) is 14.2. The van der Waals surface area contributed by atoms with Gasteiger partial charge in [0.25, 0.3) is 5.91 Å². The predicted octanol–water partition coefficient (Wildman–Crippen LogP) is 3.76. The summed E-state index contributed by atoms with van der Waals surface area (Å²) in [5.74, 6) is 1.20. The molecule has 0 unspecified atom stereocenters. The highest BCUT2D eigenvalue weighted by molar-refractivity contribution is 7.13. The molecule has 0 N–H and O–H groups in total. The van der Waals surface area contributed by atoms with Crippen LogP contribution in [0.5, 0.6) is 0 Å². The van der Waals surface area contributed by atoms with E-state index in [0.717, 1.165) is 4.88 Å². The van der Waals surface area contributed by atoms with Crippen molar-refractivity contribution in [3.05, 3.63) is 58.3 Å². The SMILES string of the molecule is O=C(CCCc1nc(-c2cccs2)no1)N1CCN(C(=O)c2ccc(Cl)cc2)CC1. The van der Waals surface area contributed by atoms with Gasteiger partial charge in [-0.15, -0.1) is 11.3 Å². The Morgan fingerprint density at radius 1 is 1.07 bits per heavy atom. The van der Waals surface area contributed by atoms with E-state index in [1.54, 1.807) is 40.5 Å². The highest BCUT2D eigenvalue weighted by Crippen LogP contribution is 2.21. The van der Waals surface area contributed by atoms with E-state index in [-0.39, 0.29) is 11.8 Å². The van der Waals surface area contributed by atoms with Crippen molar-refractivity contribution in [2.24, 2.45) is 0 Å². The molecule has 3 heterocycles. The van der Waals surface area contributed by atoms with Gasteiger partial charge in [0.1, 0.15) is 0 Å². The molecule has 0 aliphatic carbocycles. The summed E-state index contributed by atoms with van der Waals surface area (Å²) < 4.78 is 5.27. The zero-order valence-corrected chi connectivity index (χ0v) is 17.9. The fourth-order valence-corrected chi connectivity index (χ4v) is 4.12. The Kier molecular flexibility index (Phi) is 6.44. The van der Waals surface area contributed by atoms with Crippen molar-refractivity contribution in [2.45, 2.75) is 19.3 Å². The number of amides is 2. The van der Waals surface area contributed by atoms with Crippen molar-refractivity contribution in [2.75, 3.05) is 26.2 Å². The maximum Gasteiger partial charge on any atom is 0.253 e. The summed E-state index contributed by atoms with van der Waals surface area (Å²) in [6.07, 6.45) is 1.63. The summed E-state index contributed by atoms with van der Waals surface area (Å²) in [6, 6.07) is 10.8. The van der Waals surface area contributed by atoms with Crippen LogP contribution >= 0.6 is 22.9 Å². The molecular formula is C21H21ClN4O3S. The lowest BCUT2D eigenvalue weighted by Crippen LogP contribution is -2.50. The summed E-state index contributed by atoms with van der Waals surface area (Å²) in [4.78, 5) is 34.0. The van der Waals surface area contributed by atoms with Crippen LogP contribution in [0, 0.1) is 0 Å². The summed E-state index contributed by atoms with van der Waals surface area (Å²) in [6.45, 7) is 2.14. The minimum absolute atomic E-state index is 0.0308. The van der Waals surface area contributed by atoms with E-state index in [0.29, 0.717) is 67.7 Å². The van der Waals surface area contributed by atoms with Crippen LogP contribution in [-0.4, -0.2) is 57.9 Å². The van der Waals surface area contributed by atoms with Gasteiger partial charge in [-0.1, -0.05) is 22.8 Å². The maximum atomic E-state index is 12.6. The van der Waals surface area contributed by atoms with Gasteiger partial charge >= 0.3 is 0 Å². The molecule has 156 valence electrons. The van der Waals surface area contributed by atoms with E-state index in [1.165, 1.54) is 0 Å². The molecule has 0 spiro atoms. The Bertz CT molecular complexity index is 996. The number of carbonyl (C=O) groups is 2. The quantitative estimate of drug-likeness (QED) is 0.578. The minimum Gasteiger partial charge on any atom is -0.339 e. The van der Waals surface area contributed by atoms with Gasteiger partial charge in [-0.25, -0.2) is 0 Å². The van der Waals surface area contributed by atoms with Crippen molar-refractivity contribution < 1.29 is 14.1 Å². The first kappa shape index (κ1) is 20.6. The van der Waals surface area contributed by atoms with Crippen LogP contribution in [0.15, 0.2) is 46.3 Å². The Hall–Kier alpha value is -2.71. The average molecular weight is 445 g/mol. The van der Waals surface area contributed by atoms with Gasteiger partial charge in [0.2, 0.25) is 17.6 Å². The highest BCUT2D eigenvalue weighted by atomic mass is 35.5. The molecule has 2 aromatic heterocycles. The molecule has 1 fully saturated rings. The van der Waals surface area contributed by atoms with Crippen molar-refractivity contribution >= 4 is 34.8 Å². The minimum atomic E-state index is -0.0308. The van der Waals surface area contributed by atoms with Gasteiger partial charge in [-0.05, 0) is 42.1 Å². The first-order chi connectivity index (χ1) is 14.6. The number of hydrogen-bond acceptors (Lipinski definition) is 6. The second-order valence-electron chi connectivity index (χ2n) is 7.02.